The first-order valence-electron chi connectivity index (χ1n) is 25.1. The molecule has 0 saturated carbocycles. The predicted molar refractivity (Wildman–Crippen MR) is 270 cm³/mol. The summed E-state index contributed by atoms with van der Waals surface area (Å²) in [6, 6.07) is -1.59. The monoisotopic (exact) mass is 1070 g/mol. The van der Waals surface area contributed by atoms with Crippen LogP contribution in [0, 0.1) is 42.4 Å². The van der Waals surface area contributed by atoms with E-state index in [1.54, 1.807) is 32.9 Å². The molecule has 0 radical (unpaired) electrons. The third-order valence-corrected chi connectivity index (χ3v) is 16.3. The molecule has 1 saturated heterocycles. The summed E-state index contributed by atoms with van der Waals surface area (Å²) in [6.07, 6.45) is 2.27. The van der Waals surface area contributed by atoms with E-state index in [4.69, 9.17) is 28.7 Å². The fourth-order valence-corrected chi connectivity index (χ4v) is 11.0. The van der Waals surface area contributed by atoms with E-state index in [9.17, 15) is 58.8 Å². The van der Waals surface area contributed by atoms with Crippen LogP contribution in [0.3, 0.4) is 0 Å². The van der Waals surface area contributed by atoms with Crippen LogP contribution >= 0.6 is 7.60 Å². The van der Waals surface area contributed by atoms with E-state index in [0.717, 1.165) is 4.90 Å². The van der Waals surface area contributed by atoms with Crippen LogP contribution < -0.4 is 10.1 Å². The van der Waals surface area contributed by atoms with E-state index in [1.807, 2.05) is 27.7 Å². The van der Waals surface area contributed by atoms with Crippen LogP contribution in [0.4, 0.5) is 4.79 Å². The van der Waals surface area contributed by atoms with E-state index < -0.39 is 133 Å². The van der Waals surface area contributed by atoms with Gasteiger partial charge in [0, 0.05) is 80.8 Å². The highest BCUT2D eigenvalue weighted by atomic mass is 31.2. The number of hydrogen-bond acceptors (Lipinski definition) is 18. The Morgan fingerprint density at radius 2 is 1.60 bits per heavy atom. The van der Waals surface area contributed by atoms with Gasteiger partial charge in [-0.2, -0.15) is 0 Å². The molecule has 75 heavy (non-hydrogen) atoms. The van der Waals surface area contributed by atoms with Crippen LogP contribution in [-0.4, -0.2) is 150 Å². The molecule has 7 N–H and O–H groups in total. The standard InChI is InChI=1S/C52H71N4O18P/c1-25(2)22-55-18-16-52(17-19-55)54-39-36-37-44(62)32(9)47-38(36)48(64)51(11,74-47)72-20-15-26(3)29(6)46(73-33(10)58)31(8)43(61)30(7)42(60)27(4)13-12-14-28(5)49(65)53-40(45(37)63)41(39)56(52)50(66)71-24-70-35(59)21-34(23-57)75(67,68)69/h12-15,20,23,25-27,29-31,34,41-43,46,60-63H,16-19,21-22,24H2,1-11H3,(H,53,65)(H2,67,68,69)/b13-12+,20-15+,28-14-/t26-,27-,29+,30+,31+,34?,41?,42-,43+,46+,51-/m0/s1. The van der Waals surface area contributed by atoms with E-state index >= 15 is 4.79 Å². The minimum atomic E-state index is -5.05. The van der Waals surface area contributed by atoms with Crippen LogP contribution in [0.15, 0.2) is 46.8 Å². The number of fused-ring (bicyclic) bond motifs is 13. The van der Waals surface area contributed by atoms with Crippen LogP contribution in [0.2, 0.25) is 0 Å². The normalized spacial score (nSPS) is 31.3. The summed E-state index contributed by atoms with van der Waals surface area (Å²) in [5, 5.41) is 50.5. The predicted octanol–water partition coefficient (Wildman–Crippen LogP) is 4.92. The highest BCUT2D eigenvalue weighted by Gasteiger charge is 2.60. The molecule has 7 rings (SSSR count). The Hall–Kier alpha value is -5.90. The maximum Gasteiger partial charge on any atom is 0.415 e. The minimum absolute atomic E-state index is 0.00376. The maximum absolute atomic E-state index is 15.1. The fourth-order valence-electron chi connectivity index (χ4n) is 10.5. The van der Waals surface area contributed by atoms with Gasteiger partial charge in [-0.25, -0.2) is 4.79 Å². The van der Waals surface area contributed by atoms with E-state index in [1.165, 1.54) is 46.1 Å². The van der Waals surface area contributed by atoms with Gasteiger partial charge in [-0.1, -0.05) is 66.7 Å². The molecule has 5 heterocycles. The van der Waals surface area contributed by atoms with Crippen molar-refractivity contribution in [3.05, 3.63) is 64.1 Å². The lowest BCUT2D eigenvalue weighted by Crippen LogP contribution is -2.59. The second-order valence-corrected chi connectivity index (χ2v) is 22.9. The van der Waals surface area contributed by atoms with Gasteiger partial charge in [-0.15, -0.1) is 0 Å². The number of aromatic hydroxyl groups is 1. The average Bonchev–Trinajstić information content (AvgIpc) is 3.81. The van der Waals surface area contributed by atoms with Crippen molar-refractivity contribution < 1.29 is 87.2 Å². The smallest absolute Gasteiger partial charge is 0.415 e. The van der Waals surface area contributed by atoms with E-state index in [2.05, 4.69) is 10.2 Å². The lowest BCUT2D eigenvalue weighted by molar-refractivity contribution is -0.158. The second-order valence-electron chi connectivity index (χ2n) is 21.0. The quantitative estimate of drug-likeness (QED) is 0.0747. The number of Topliss-reactive ketones (excluding diaryl/α,β-unsaturated/α-hetero) is 1. The number of phenols is 1. The third kappa shape index (κ3) is 11.8. The van der Waals surface area contributed by atoms with Gasteiger partial charge < -0.3 is 68.9 Å². The summed E-state index contributed by atoms with van der Waals surface area (Å²) in [4.78, 5) is 108. The van der Waals surface area contributed by atoms with Crippen molar-refractivity contribution in [2.24, 2.45) is 40.5 Å². The Labute approximate surface area is 435 Å². The van der Waals surface area contributed by atoms with Crippen molar-refractivity contribution in [3.63, 3.8) is 0 Å². The summed E-state index contributed by atoms with van der Waals surface area (Å²) >= 11 is 0. The molecule has 11 atom stereocenters. The van der Waals surface area contributed by atoms with E-state index in [0.29, 0.717) is 19.6 Å². The van der Waals surface area contributed by atoms with Gasteiger partial charge in [0.25, 0.3) is 11.7 Å². The number of ketones is 1. The van der Waals surface area contributed by atoms with E-state index in [-0.39, 0.29) is 70.0 Å². The number of aliphatic hydroxyl groups is 3. The maximum atomic E-state index is 15.1. The first-order valence-corrected chi connectivity index (χ1v) is 26.7. The number of carbonyl (C=O) groups is 6. The molecule has 1 fully saturated rings. The molecule has 1 aliphatic carbocycles. The first-order chi connectivity index (χ1) is 35.0. The number of esters is 2. The number of carbonyl (C=O) groups excluding carboxylic acids is 6. The van der Waals surface area contributed by atoms with Crippen LogP contribution in [0.5, 0.6) is 11.5 Å². The molecule has 1 aromatic carbocycles. The van der Waals surface area contributed by atoms with Crippen LogP contribution in [0.25, 0.3) is 5.76 Å². The number of hydrogen-bond donors (Lipinski definition) is 7. The number of rotatable bonds is 9. The molecule has 6 aliphatic rings. The zero-order valence-corrected chi connectivity index (χ0v) is 45.0. The summed E-state index contributed by atoms with van der Waals surface area (Å²) < 4.78 is 40.6. The van der Waals surface area contributed by atoms with Crippen molar-refractivity contribution in [3.8, 4) is 11.5 Å². The van der Waals surface area contributed by atoms with Gasteiger partial charge in [0.2, 0.25) is 6.79 Å². The van der Waals surface area contributed by atoms with Crippen molar-refractivity contribution in [1.82, 2.24) is 15.1 Å². The molecule has 1 aromatic rings. The summed E-state index contributed by atoms with van der Waals surface area (Å²) in [5.74, 6) is -9.66. The van der Waals surface area contributed by atoms with Gasteiger partial charge in [-0.3, -0.25) is 33.6 Å². The number of likely N-dealkylation sites (tertiary alicyclic amines) is 1. The van der Waals surface area contributed by atoms with Gasteiger partial charge in [0.15, 0.2) is 0 Å². The first kappa shape index (κ1) is 58.4. The second kappa shape index (κ2) is 22.7. The van der Waals surface area contributed by atoms with Crippen molar-refractivity contribution in [2.45, 2.75) is 137 Å². The zero-order valence-electron chi connectivity index (χ0n) is 44.1. The fraction of sp³-hybridized carbons (Fsp3) is 0.596. The molecule has 0 aromatic heterocycles. The number of amides is 2. The largest absolute Gasteiger partial charge is 0.507 e. The SMILES string of the molecule is CC(=O)O[C@H]1[C@H](C)[C@H](O)[C@H](C)[C@@H](O)[C@@H](C)/C=C/C=C(/C)C(=O)NC2=C(O)c3c(O)c(C)c4c(c3C3=NC5(CCN(CC(C)C)CC5)N(C(=O)OCOC(=O)CC(C=O)P(=O)(O)O)C32)C(=O)[C@@](C)(O/C=C/[C@H](C)[C@H]1C)O4. The topological polar surface area (TPSA) is 318 Å². The van der Waals surface area contributed by atoms with Gasteiger partial charge in [-0.05, 0) is 37.7 Å². The van der Waals surface area contributed by atoms with Crippen molar-refractivity contribution in [1.29, 1.82) is 0 Å². The lowest BCUT2D eigenvalue weighted by Gasteiger charge is -2.45. The Balaban J connectivity index is 1.53. The number of aliphatic hydroxyl groups excluding tert-OH is 3. The zero-order chi connectivity index (χ0) is 55.8. The number of aliphatic imine (C=N–C) groups is 1. The lowest BCUT2D eigenvalue weighted by atomic mass is 9.77. The van der Waals surface area contributed by atoms with Gasteiger partial charge in [0.1, 0.15) is 47.0 Å². The van der Waals surface area contributed by atoms with Crippen LogP contribution in [-0.2, 0) is 42.7 Å². The number of nitrogens with zero attached hydrogens (tertiary/aromatic N) is 3. The number of piperidine rings is 1. The summed E-state index contributed by atoms with van der Waals surface area (Å²) in [5.41, 5.74) is -4.57. The number of ether oxygens (including phenoxy) is 5. The minimum Gasteiger partial charge on any atom is -0.507 e. The third-order valence-electron chi connectivity index (χ3n) is 15.1. The Morgan fingerprint density at radius 1 is 0.947 bits per heavy atom. The highest BCUT2D eigenvalue weighted by Crippen LogP contribution is 2.54. The number of nitrogens with one attached hydrogen (secondary N) is 1. The average molecular weight is 1070 g/mol. The molecule has 23 heteroatoms. The number of aldehydes is 1. The molecule has 5 bridgehead atoms. The Bertz CT molecular complexity index is 2650. The molecular formula is C52H71N4O18P. The molecule has 5 aliphatic heterocycles. The van der Waals surface area contributed by atoms with Gasteiger partial charge in [0.05, 0.1) is 47.4 Å². The molecule has 22 nitrogen and oxygen atoms in total. The number of phenolic OH excluding ortho intramolecular Hbond substituents is 1. The Morgan fingerprint density at radius 3 is 2.20 bits per heavy atom. The number of allylic oxidation sites excluding steroid dienone is 3. The van der Waals surface area contributed by atoms with Gasteiger partial charge >= 0.3 is 31.4 Å². The molecule has 1 spiro atoms. The highest BCUT2D eigenvalue weighted by molar-refractivity contribution is 7.53. The Kier molecular flexibility index (Phi) is 17.7. The summed E-state index contributed by atoms with van der Waals surface area (Å²) in [6.45, 7) is 18.7. The molecule has 2 unspecified atom stereocenters. The molecule has 2 amide bonds. The summed E-state index contributed by atoms with van der Waals surface area (Å²) in [7, 11) is -5.05. The van der Waals surface area contributed by atoms with Crippen LogP contribution in [0.1, 0.15) is 116 Å². The van der Waals surface area contributed by atoms with Crippen molar-refractivity contribution >= 4 is 55.1 Å². The molecular weight excluding hydrogens is 1000 g/mol. The van der Waals surface area contributed by atoms with Crippen molar-refractivity contribution in [2.75, 3.05) is 26.4 Å². The number of benzene rings is 1. The molecule has 412 valence electrons.